The SMILES string of the molecule is COc1ccc(NC(=O)C[C@H]2C(=O)NCCN2C(=O)Nc2ccc(F)cc2)cc1. The number of urea groups is 1. The Hall–Kier alpha value is -3.62. The zero-order valence-corrected chi connectivity index (χ0v) is 15.8. The summed E-state index contributed by atoms with van der Waals surface area (Å²) in [6.45, 7) is 0.533. The highest BCUT2D eigenvalue weighted by Gasteiger charge is 2.34. The van der Waals surface area contributed by atoms with Crippen LogP contribution in [0.25, 0.3) is 0 Å². The van der Waals surface area contributed by atoms with Crippen LogP contribution in [0.2, 0.25) is 0 Å². The second kappa shape index (κ2) is 9.05. The molecule has 152 valence electrons. The Morgan fingerprint density at radius 3 is 2.38 bits per heavy atom. The van der Waals surface area contributed by atoms with E-state index in [4.69, 9.17) is 4.74 Å². The molecule has 1 saturated heterocycles. The van der Waals surface area contributed by atoms with Gasteiger partial charge in [-0.2, -0.15) is 0 Å². The highest BCUT2D eigenvalue weighted by molar-refractivity contribution is 5.99. The molecule has 0 unspecified atom stereocenters. The Labute approximate surface area is 167 Å². The maximum atomic E-state index is 13.0. The maximum Gasteiger partial charge on any atom is 0.322 e. The first-order valence-electron chi connectivity index (χ1n) is 9.01. The van der Waals surface area contributed by atoms with E-state index in [9.17, 15) is 18.8 Å². The lowest BCUT2D eigenvalue weighted by atomic mass is 10.1. The minimum Gasteiger partial charge on any atom is -0.497 e. The second-order valence-electron chi connectivity index (χ2n) is 6.42. The average Bonchev–Trinajstić information content (AvgIpc) is 2.71. The van der Waals surface area contributed by atoms with Crippen LogP contribution < -0.4 is 20.7 Å². The summed E-state index contributed by atoms with van der Waals surface area (Å²) < 4.78 is 18.1. The van der Waals surface area contributed by atoms with Crippen molar-refractivity contribution in [2.75, 3.05) is 30.8 Å². The molecule has 8 nitrogen and oxygen atoms in total. The van der Waals surface area contributed by atoms with E-state index in [0.717, 1.165) is 0 Å². The molecule has 3 N–H and O–H groups in total. The van der Waals surface area contributed by atoms with Gasteiger partial charge in [0.25, 0.3) is 0 Å². The number of halogens is 1. The minimum absolute atomic E-state index is 0.200. The number of hydrogen-bond donors (Lipinski definition) is 3. The fourth-order valence-corrected chi connectivity index (χ4v) is 2.95. The van der Waals surface area contributed by atoms with Crippen molar-refractivity contribution >= 4 is 29.2 Å². The number of carbonyl (C=O) groups excluding carboxylic acids is 3. The van der Waals surface area contributed by atoms with E-state index in [2.05, 4.69) is 16.0 Å². The Balaban J connectivity index is 1.65. The zero-order valence-electron chi connectivity index (χ0n) is 15.8. The molecule has 0 spiro atoms. The second-order valence-corrected chi connectivity index (χ2v) is 6.42. The normalized spacial score (nSPS) is 16.0. The van der Waals surface area contributed by atoms with E-state index in [0.29, 0.717) is 17.1 Å². The molecule has 1 aliphatic heterocycles. The smallest absolute Gasteiger partial charge is 0.322 e. The molecule has 0 bridgehead atoms. The molecule has 0 aromatic heterocycles. The number of anilines is 2. The Morgan fingerprint density at radius 1 is 1.10 bits per heavy atom. The first kappa shape index (κ1) is 20.1. The average molecular weight is 400 g/mol. The summed E-state index contributed by atoms with van der Waals surface area (Å²) in [5, 5.41) is 7.99. The van der Waals surface area contributed by atoms with Crippen molar-refractivity contribution in [2.45, 2.75) is 12.5 Å². The third kappa shape index (κ3) is 5.22. The fourth-order valence-electron chi connectivity index (χ4n) is 2.95. The van der Waals surface area contributed by atoms with Crippen LogP contribution in [0.5, 0.6) is 5.75 Å². The van der Waals surface area contributed by atoms with Gasteiger partial charge in [-0.3, -0.25) is 9.59 Å². The lowest BCUT2D eigenvalue weighted by Gasteiger charge is -2.34. The third-order valence-corrected chi connectivity index (χ3v) is 4.44. The largest absolute Gasteiger partial charge is 0.497 e. The van der Waals surface area contributed by atoms with Crippen LogP contribution in [-0.2, 0) is 9.59 Å². The summed E-state index contributed by atoms with van der Waals surface area (Å²) in [4.78, 5) is 38.6. The van der Waals surface area contributed by atoms with E-state index >= 15 is 0 Å². The number of hydrogen-bond acceptors (Lipinski definition) is 4. The molecule has 1 fully saturated rings. The van der Waals surface area contributed by atoms with Crippen LogP contribution in [0.15, 0.2) is 48.5 Å². The van der Waals surface area contributed by atoms with Crippen molar-refractivity contribution in [2.24, 2.45) is 0 Å². The van der Waals surface area contributed by atoms with E-state index < -0.39 is 29.7 Å². The van der Waals surface area contributed by atoms with Crippen molar-refractivity contribution < 1.29 is 23.5 Å². The molecule has 0 aliphatic carbocycles. The topological polar surface area (TPSA) is 99.8 Å². The molecule has 2 aromatic carbocycles. The summed E-state index contributed by atoms with van der Waals surface area (Å²) in [5.74, 6) is -0.584. The van der Waals surface area contributed by atoms with Gasteiger partial charge in [0.1, 0.15) is 17.6 Å². The minimum atomic E-state index is -0.956. The lowest BCUT2D eigenvalue weighted by molar-refractivity contribution is -0.130. The monoisotopic (exact) mass is 400 g/mol. The van der Waals surface area contributed by atoms with E-state index in [1.54, 1.807) is 31.4 Å². The number of nitrogens with zero attached hydrogens (tertiary/aromatic N) is 1. The quantitative estimate of drug-likeness (QED) is 0.716. The van der Waals surface area contributed by atoms with Crippen molar-refractivity contribution in [3.8, 4) is 5.75 Å². The van der Waals surface area contributed by atoms with Gasteiger partial charge in [0.15, 0.2) is 0 Å². The molecule has 9 heteroatoms. The Morgan fingerprint density at radius 2 is 1.72 bits per heavy atom. The number of benzene rings is 2. The summed E-state index contributed by atoms with van der Waals surface area (Å²) in [7, 11) is 1.54. The molecular formula is C20H21FN4O4. The van der Waals surface area contributed by atoms with Crippen LogP contribution in [0.3, 0.4) is 0 Å². The van der Waals surface area contributed by atoms with Crippen LogP contribution in [0, 0.1) is 5.82 Å². The third-order valence-electron chi connectivity index (χ3n) is 4.44. The maximum absolute atomic E-state index is 13.0. The number of methoxy groups -OCH3 is 1. The van der Waals surface area contributed by atoms with Crippen molar-refractivity contribution in [1.29, 1.82) is 0 Å². The van der Waals surface area contributed by atoms with Gasteiger partial charge in [0, 0.05) is 24.5 Å². The highest BCUT2D eigenvalue weighted by Crippen LogP contribution is 2.17. The predicted octanol–water partition coefficient (Wildman–Crippen LogP) is 2.20. The van der Waals surface area contributed by atoms with E-state index in [-0.39, 0.29) is 19.5 Å². The van der Waals surface area contributed by atoms with Crippen molar-refractivity contribution in [1.82, 2.24) is 10.2 Å². The number of amides is 4. The van der Waals surface area contributed by atoms with Gasteiger partial charge in [-0.05, 0) is 48.5 Å². The molecule has 1 aliphatic rings. The molecular weight excluding hydrogens is 379 g/mol. The Kier molecular flexibility index (Phi) is 6.28. The molecule has 0 radical (unpaired) electrons. The van der Waals surface area contributed by atoms with Gasteiger partial charge >= 0.3 is 6.03 Å². The highest BCUT2D eigenvalue weighted by atomic mass is 19.1. The first-order valence-corrected chi connectivity index (χ1v) is 9.01. The standard InChI is InChI=1S/C20H21FN4O4/c1-29-16-8-6-14(7-9-16)23-18(26)12-17-19(27)22-10-11-25(17)20(28)24-15-4-2-13(21)3-5-15/h2-9,17H,10-12H2,1H3,(H,22,27)(H,23,26)(H,24,28)/t17-/m0/s1. The summed E-state index contributed by atoms with van der Waals surface area (Å²) in [6.07, 6.45) is -0.200. The zero-order chi connectivity index (χ0) is 20.8. The van der Waals surface area contributed by atoms with Crippen molar-refractivity contribution in [3.05, 3.63) is 54.3 Å². The molecule has 29 heavy (non-hydrogen) atoms. The number of ether oxygens (including phenoxy) is 1. The van der Waals surface area contributed by atoms with Gasteiger partial charge in [-0.15, -0.1) is 0 Å². The number of piperazine rings is 1. The lowest BCUT2D eigenvalue weighted by Crippen LogP contribution is -2.59. The molecule has 3 rings (SSSR count). The number of nitrogens with one attached hydrogen (secondary N) is 3. The first-order chi connectivity index (χ1) is 14.0. The van der Waals surface area contributed by atoms with Crippen molar-refractivity contribution in [3.63, 3.8) is 0 Å². The molecule has 2 aromatic rings. The van der Waals surface area contributed by atoms with E-state index in [1.165, 1.54) is 29.2 Å². The number of rotatable bonds is 5. The van der Waals surface area contributed by atoms with Crippen LogP contribution in [0.1, 0.15) is 6.42 Å². The molecule has 4 amide bonds. The molecule has 1 heterocycles. The molecule has 0 saturated carbocycles. The molecule has 1 atom stereocenters. The van der Waals surface area contributed by atoms with Gasteiger partial charge < -0.3 is 25.6 Å². The van der Waals surface area contributed by atoms with Gasteiger partial charge in [0.2, 0.25) is 11.8 Å². The van der Waals surface area contributed by atoms with Crippen LogP contribution in [0.4, 0.5) is 20.6 Å². The van der Waals surface area contributed by atoms with Crippen LogP contribution >= 0.6 is 0 Å². The van der Waals surface area contributed by atoms with Gasteiger partial charge in [-0.1, -0.05) is 0 Å². The summed E-state index contributed by atoms with van der Waals surface area (Å²) in [6, 6.07) is 10.5. The van der Waals surface area contributed by atoms with E-state index in [1.807, 2.05) is 0 Å². The summed E-state index contributed by atoms with van der Waals surface area (Å²) in [5.41, 5.74) is 0.943. The predicted molar refractivity (Wildman–Crippen MR) is 105 cm³/mol. The van der Waals surface area contributed by atoms with Gasteiger partial charge in [-0.25, -0.2) is 9.18 Å². The van der Waals surface area contributed by atoms with Gasteiger partial charge in [0.05, 0.1) is 13.5 Å². The summed E-state index contributed by atoms with van der Waals surface area (Å²) >= 11 is 0. The Bertz CT molecular complexity index is 886. The fraction of sp³-hybridized carbons (Fsp3) is 0.250. The van der Waals surface area contributed by atoms with Crippen LogP contribution in [-0.4, -0.2) is 49.0 Å². The number of carbonyl (C=O) groups is 3.